The quantitative estimate of drug-likeness (QED) is 0.169. The molecule has 0 spiro atoms. The van der Waals surface area contributed by atoms with Crippen LogP contribution in [-0.2, 0) is 0 Å². The predicted molar refractivity (Wildman–Crippen MR) is 229 cm³/mol. The number of fused-ring (bicyclic) bond motifs is 3. The third-order valence-electron chi connectivity index (χ3n) is 10.9. The second kappa shape index (κ2) is 13.3. The molecule has 0 N–H and O–H groups in total. The first kappa shape index (κ1) is 32.5. The van der Waals surface area contributed by atoms with Gasteiger partial charge >= 0.3 is 0 Å². The van der Waals surface area contributed by atoms with E-state index in [0.717, 1.165) is 0 Å². The minimum Gasteiger partial charge on any atom is -0.310 e. The smallest absolute Gasteiger partial charge is 0.0494 e. The van der Waals surface area contributed by atoms with Gasteiger partial charge in [-0.1, -0.05) is 140 Å². The van der Waals surface area contributed by atoms with Crippen molar-refractivity contribution in [1.29, 1.82) is 0 Å². The zero-order valence-electron chi connectivity index (χ0n) is 30.7. The van der Waals surface area contributed by atoms with Gasteiger partial charge in [-0.05, 0) is 152 Å². The molecule has 1 nitrogen and oxygen atoms in total. The molecule has 9 aromatic carbocycles. The molecule has 0 atom stereocenters. The van der Waals surface area contributed by atoms with Crippen LogP contribution in [0.4, 0.5) is 17.1 Å². The van der Waals surface area contributed by atoms with Crippen molar-refractivity contribution < 1.29 is 0 Å². The molecule has 53 heavy (non-hydrogen) atoms. The van der Waals surface area contributed by atoms with Crippen molar-refractivity contribution in [2.75, 3.05) is 4.90 Å². The number of benzene rings is 9. The molecule has 9 aromatic rings. The van der Waals surface area contributed by atoms with Crippen LogP contribution >= 0.6 is 0 Å². The third kappa shape index (κ3) is 5.76. The van der Waals surface area contributed by atoms with E-state index in [2.05, 4.69) is 209 Å². The maximum Gasteiger partial charge on any atom is 0.0494 e. The molecule has 1 heteroatoms. The highest BCUT2D eigenvalue weighted by Gasteiger charge is 2.22. The lowest BCUT2D eigenvalue weighted by Gasteiger charge is -2.31. The summed E-state index contributed by atoms with van der Waals surface area (Å²) in [5, 5.41) is 7.60. The van der Waals surface area contributed by atoms with Gasteiger partial charge in [0.05, 0.1) is 0 Å². The lowest BCUT2D eigenvalue weighted by molar-refractivity contribution is 1.20. The number of rotatable bonds is 6. The first-order valence-electron chi connectivity index (χ1n) is 18.5. The summed E-state index contributed by atoms with van der Waals surface area (Å²) in [6, 6.07) is 64.6. The average molecular weight is 680 g/mol. The van der Waals surface area contributed by atoms with Gasteiger partial charge in [0.2, 0.25) is 0 Å². The molecule has 254 valence electrons. The SMILES string of the molecule is Cc1cc(N(c2ccc(-c3cccc4ccccc34)cc2C)c2ccc(-c3cccc4ccccc34)cc2C)c(C)cc1-c1cccc2ccccc12. The fraction of sp³-hybridized carbons (Fsp3) is 0.0769. The summed E-state index contributed by atoms with van der Waals surface area (Å²) in [5.41, 5.74) is 16.0. The molecule has 0 unspecified atom stereocenters. The second-order valence-electron chi connectivity index (χ2n) is 14.4. The van der Waals surface area contributed by atoms with E-state index >= 15 is 0 Å². The van der Waals surface area contributed by atoms with Crippen LogP contribution in [-0.4, -0.2) is 0 Å². The average Bonchev–Trinajstić information content (AvgIpc) is 3.19. The van der Waals surface area contributed by atoms with Crippen molar-refractivity contribution >= 4 is 49.4 Å². The molecule has 0 saturated heterocycles. The Balaban J connectivity index is 1.22. The van der Waals surface area contributed by atoms with Crippen LogP contribution in [0.15, 0.2) is 176 Å². The maximum atomic E-state index is 2.49. The van der Waals surface area contributed by atoms with Gasteiger partial charge in [-0.2, -0.15) is 0 Å². The van der Waals surface area contributed by atoms with Gasteiger partial charge in [0.15, 0.2) is 0 Å². The molecule has 9 rings (SSSR count). The molecule has 0 saturated carbocycles. The van der Waals surface area contributed by atoms with Crippen LogP contribution in [0.1, 0.15) is 22.3 Å². The molecule has 0 bridgehead atoms. The summed E-state index contributed by atoms with van der Waals surface area (Å²) in [4.78, 5) is 2.49. The van der Waals surface area contributed by atoms with Crippen molar-refractivity contribution in [2.24, 2.45) is 0 Å². The monoisotopic (exact) mass is 679 g/mol. The highest BCUT2D eigenvalue weighted by atomic mass is 15.1. The number of hydrogen-bond donors (Lipinski definition) is 0. The molecule has 0 fully saturated rings. The molecule has 0 aliphatic carbocycles. The second-order valence-corrected chi connectivity index (χ2v) is 14.4. The van der Waals surface area contributed by atoms with Gasteiger partial charge in [0.25, 0.3) is 0 Å². The first-order valence-corrected chi connectivity index (χ1v) is 18.5. The standard InChI is InChI=1S/C52H41N/c1-34-33-52(37(4)32-49(34)48-25-13-19-40-16-7-10-22-45(40)48)53(50-28-26-41(30-35(50)2)46-23-11-17-38-14-5-8-20-43(38)46)51-29-27-42(31-36(51)3)47-24-12-18-39-15-6-9-21-44(39)47/h5-33H,1-4H3. The van der Waals surface area contributed by atoms with Crippen molar-refractivity contribution in [1.82, 2.24) is 0 Å². The molecule has 0 heterocycles. The summed E-state index contributed by atoms with van der Waals surface area (Å²) >= 11 is 0. The Morgan fingerprint density at radius 3 is 1.15 bits per heavy atom. The fourth-order valence-corrected chi connectivity index (χ4v) is 8.28. The van der Waals surface area contributed by atoms with E-state index in [1.54, 1.807) is 0 Å². The van der Waals surface area contributed by atoms with Crippen molar-refractivity contribution in [2.45, 2.75) is 27.7 Å². The van der Waals surface area contributed by atoms with Gasteiger partial charge in [-0.3, -0.25) is 0 Å². The fourth-order valence-electron chi connectivity index (χ4n) is 8.28. The Hall–Kier alpha value is -6.44. The minimum absolute atomic E-state index is 1.18. The van der Waals surface area contributed by atoms with Crippen LogP contribution in [0.5, 0.6) is 0 Å². The molecular formula is C52H41N. The predicted octanol–water partition coefficient (Wildman–Crippen LogP) is 14.9. The first-order chi connectivity index (χ1) is 25.9. The molecule has 0 radical (unpaired) electrons. The van der Waals surface area contributed by atoms with E-state index in [9.17, 15) is 0 Å². The lowest BCUT2D eigenvalue weighted by Crippen LogP contribution is -2.14. The topological polar surface area (TPSA) is 3.24 Å². The van der Waals surface area contributed by atoms with Crippen LogP contribution in [0, 0.1) is 27.7 Å². The molecule has 0 aromatic heterocycles. The zero-order valence-corrected chi connectivity index (χ0v) is 30.7. The molecule has 0 amide bonds. The van der Waals surface area contributed by atoms with Crippen molar-refractivity contribution in [3.63, 3.8) is 0 Å². The van der Waals surface area contributed by atoms with Gasteiger partial charge in [-0.15, -0.1) is 0 Å². The summed E-state index contributed by atoms with van der Waals surface area (Å²) in [6.45, 7) is 9.02. The van der Waals surface area contributed by atoms with Gasteiger partial charge in [0.1, 0.15) is 0 Å². The number of hydrogen-bond acceptors (Lipinski definition) is 1. The zero-order chi connectivity index (χ0) is 36.1. The number of nitrogens with zero attached hydrogens (tertiary/aromatic N) is 1. The number of aryl methyl sites for hydroxylation is 4. The van der Waals surface area contributed by atoms with Crippen LogP contribution in [0.2, 0.25) is 0 Å². The largest absolute Gasteiger partial charge is 0.310 e. The van der Waals surface area contributed by atoms with E-state index in [1.165, 1.54) is 105 Å². The third-order valence-corrected chi connectivity index (χ3v) is 10.9. The van der Waals surface area contributed by atoms with Gasteiger partial charge < -0.3 is 4.90 Å². The Kier molecular flexibility index (Phi) is 8.13. The van der Waals surface area contributed by atoms with Crippen LogP contribution in [0.25, 0.3) is 65.7 Å². The summed E-state index contributed by atoms with van der Waals surface area (Å²) in [6.07, 6.45) is 0. The minimum atomic E-state index is 1.18. The Morgan fingerprint density at radius 1 is 0.283 bits per heavy atom. The van der Waals surface area contributed by atoms with Crippen molar-refractivity contribution in [3.8, 4) is 33.4 Å². The molecule has 0 aliphatic rings. The van der Waals surface area contributed by atoms with Gasteiger partial charge in [0, 0.05) is 17.1 Å². The van der Waals surface area contributed by atoms with E-state index in [1.807, 2.05) is 0 Å². The number of anilines is 3. The summed E-state index contributed by atoms with van der Waals surface area (Å²) < 4.78 is 0. The molecular weight excluding hydrogens is 639 g/mol. The highest BCUT2D eigenvalue weighted by Crippen LogP contribution is 2.45. The molecule has 0 aliphatic heterocycles. The Labute approximate surface area is 312 Å². The Bertz CT molecular complexity index is 2700. The normalized spacial score (nSPS) is 11.4. The van der Waals surface area contributed by atoms with Crippen LogP contribution < -0.4 is 4.90 Å². The van der Waals surface area contributed by atoms with Crippen molar-refractivity contribution in [3.05, 3.63) is 198 Å². The van der Waals surface area contributed by atoms with E-state index in [-0.39, 0.29) is 0 Å². The van der Waals surface area contributed by atoms with E-state index in [0.29, 0.717) is 0 Å². The highest BCUT2D eigenvalue weighted by molar-refractivity contribution is 6.00. The van der Waals surface area contributed by atoms with Crippen LogP contribution in [0.3, 0.4) is 0 Å². The van der Waals surface area contributed by atoms with E-state index in [4.69, 9.17) is 0 Å². The Morgan fingerprint density at radius 2 is 0.679 bits per heavy atom. The maximum absolute atomic E-state index is 2.49. The summed E-state index contributed by atoms with van der Waals surface area (Å²) in [7, 11) is 0. The summed E-state index contributed by atoms with van der Waals surface area (Å²) in [5.74, 6) is 0. The van der Waals surface area contributed by atoms with Gasteiger partial charge in [-0.25, -0.2) is 0 Å². The lowest BCUT2D eigenvalue weighted by atomic mass is 9.92. The van der Waals surface area contributed by atoms with E-state index < -0.39 is 0 Å².